The predicted molar refractivity (Wildman–Crippen MR) is 35.5 cm³/mol. The summed E-state index contributed by atoms with van der Waals surface area (Å²) in [7, 11) is 0. The Morgan fingerprint density at radius 1 is 1.40 bits per heavy atom. The van der Waals surface area contributed by atoms with E-state index in [9.17, 15) is 0 Å². The minimum absolute atomic E-state index is 0.127. The average molecular weight is 147 g/mol. The largest absolute Gasteiger partial charge is 0.395 e. The first-order valence-electron chi connectivity index (χ1n) is 3.46. The highest BCUT2D eigenvalue weighted by molar-refractivity contribution is 4.85. The summed E-state index contributed by atoms with van der Waals surface area (Å²) in [6, 6.07) is -0.358. The van der Waals surface area contributed by atoms with Crippen molar-refractivity contribution < 1.29 is 15.3 Å². The zero-order chi connectivity index (χ0) is 7.56. The Labute approximate surface area is 59.5 Å². The van der Waals surface area contributed by atoms with Crippen molar-refractivity contribution >= 4 is 0 Å². The van der Waals surface area contributed by atoms with Gasteiger partial charge in [0.1, 0.15) is 0 Å². The molecule has 60 valence electrons. The predicted octanol–water partition coefficient (Wildman–Crippen LogP) is -1.94. The average Bonchev–Trinajstić information content (AvgIpc) is 1.95. The molecule has 0 radical (unpaired) electrons. The molecule has 1 fully saturated rings. The molecule has 10 heavy (non-hydrogen) atoms. The smallest absolute Gasteiger partial charge is 0.0974 e. The highest BCUT2D eigenvalue weighted by atomic mass is 16.3. The van der Waals surface area contributed by atoms with Crippen molar-refractivity contribution in [3.05, 3.63) is 0 Å². The summed E-state index contributed by atoms with van der Waals surface area (Å²) in [6.07, 6.45) is -0.949. The van der Waals surface area contributed by atoms with Gasteiger partial charge in [0.05, 0.1) is 24.9 Å². The molecule has 3 atom stereocenters. The second-order valence-corrected chi connectivity index (χ2v) is 2.59. The number of rotatable bonds is 1. The van der Waals surface area contributed by atoms with Crippen LogP contribution in [0.25, 0.3) is 0 Å². The summed E-state index contributed by atoms with van der Waals surface area (Å²) < 4.78 is 0. The summed E-state index contributed by atoms with van der Waals surface area (Å²) in [5, 5.41) is 29.8. The molecule has 4 N–H and O–H groups in total. The van der Waals surface area contributed by atoms with Crippen LogP contribution in [0.2, 0.25) is 0 Å². The maximum atomic E-state index is 9.16. The lowest BCUT2D eigenvalue weighted by molar-refractivity contribution is -0.0382. The van der Waals surface area contributed by atoms with Gasteiger partial charge in [-0.05, 0) is 13.0 Å². The van der Waals surface area contributed by atoms with Gasteiger partial charge in [-0.25, -0.2) is 0 Å². The summed E-state index contributed by atoms with van der Waals surface area (Å²) in [5.74, 6) is 0. The fraction of sp³-hybridized carbons (Fsp3) is 1.00. The number of aliphatic hydroxyl groups is 3. The zero-order valence-corrected chi connectivity index (χ0v) is 5.70. The summed E-state index contributed by atoms with van der Waals surface area (Å²) in [6.45, 7) is 0.529. The van der Waals surface area contributed by atoms with E-state index in [1.165, 1.54) is 0 Å². The molecule has 1 heterocycles. The normalized spacial score (nSPS) is 41.7. The minimum atomic E-state index is -0.821. The minimum Gasteiger partial charge on any atom is -0.395 e. The lowest BCUT2D eigenvalue weighted by Crippen LogP contribution is -2.54. The number of piperidine rings is 1. The molecule has 1 aliphatic rings. The quantitative estimate of drug-likeness (QED) is 0.348. The van der Waals surface area contributed by atoms with Gasteiger partial charge in [-0.2, -0.15) is 0 Å². The van der Waals surface area contributed by atoms with Gasteiger partial charge in [-0.3, -0.25) is 0 Å². The van der Waals surface area contributed by atoms with Gasteiger partial charge >= 0.3 is 0 Å². The monoisotopic (exact) mass is 147 g/mol. The Bertz CT molecular complexity index is 109. The molecule has 0 spiro atoms. The van der Waals surface area contributed by atoms with Gasteiger partial charge in [-0.1, -0.05) is 0 Å². The Morgan fingerprint density at radius 3 is 2.60 bits per heavy atom. The highest BCUT2D eigenvalue weighted by Gasteiger charge is 2.28. The molecule has 4 nitrogen and oxygen atoms in total. The Hall–Kier alpha value is -0.160. The van der Waals surface area contributed by atoms with Crippen LogP contribution in [-0.2, 0) is 0 Å². The Kier molecular flexibility index (Phi) is 2.62. The molecule has 0 saturated carbocycles. The van der Waals surface area contributed by atoms with Gasteiger partial charge in [-0.15, -0.1) is 0 Å². The summed E-state index contributed by atoms with van der Waals surface area (Å²) >= 11 is 0. The number of hydrogen-bond donors (Lipinski definition) is 4. The highest BCUT2D eigenvalue weighted by Crippen LogP contribution is 2.08. The van der Waals surface area contributed by atoms with Crippen LogP contribution >= 0.6 is 0 Å². The zero-order valence-electron chi connectivity index (χ0n) is 5.70. The van der Waals surface area contributed by atoms with Crippen molar-refractivity contribution in [1.82, 2.24) is 5.32 Å². The second kappa shape index (κ2) is 3.30. The summed E-state index contributed by atoms with van der Waals surface area (Å²) in [5.41, 5.74) is 0. The van der Waals surface area contributed by atoms with Gasteiger partial charge in [0.2, 0.25) is 0 Å². The van der Waals surface area contributed by atoms with Crippen LogP contribution in [0.15, 0.2) is 0 Å². The van der Waals surface area contributed by atoms with E-state index in [-0.39, 0.29) is 12.6 Å². The fourth-order valence-corrected chi connectivity index (χ4v) is 1.15. The van der Waals surface area contributed by atoms with Crippen molar-refractivity contribution in [3.63, 3.8) is 0 Å². The molecule has 0 bridgehead atoms. The third-order valence-corrected chi connectivity index (χ3v) is 1.85. The van der Waals surface area contributed by atoms with Crippen molar-refractivity contribution in [2.24, 2.45) is 0 Å². The van der Waals surface area contributed by atoms with Crippen LogP contribution in [0, 0.1) is 0 Å². The van der Waals surface area contributed by atoms with Crippen LogP contribution in [-0.4, -0.2) is 46.7 Å². The fourth-order valence-electron chi connectivity index (χ4n) is 1.15. The van der Waals surface area contributed by atoms with E-state index in [0.717, 1.165) is 0 Å². The Balaban J connectivity index is 2.42. The number of hydrogen-bond acceptors (Lipinski definition) is 4. The summed E-state index contributed by atoms with van der Waals surface area (Å²) in [4.78, 5) is 0. The van der Waals surface area contributed by atoms with E-state index >= 15 is 0 Å². The molecule has 0 aromatic rings. The van der Waals surface area contributed by atoms with E-state index in [4.69, 9.17) is 15.3 Å². The molecule has 0 unspecified atom stereocenters. The molecule has 1 rings (SSSR count). The third-order valence-electron chi connectivity index (χ3n) is 1.85. The van der Waals surface area contributed by atoms with Crippen molar-refractivity contribution in [2.45, 2.75) is 24.7 Å². The van der Waals surface area contributed by atoms with E-state index in [1.54, 1.807) is 0 Å². The SMILES string of the molecule is OC[C@@H]1NCC[C@@H](O)[C@H]1O. The van der Waals surface area contributed by atoms with Gasteiger partial charge < -0.3 is 20.6 Å². The molecule has 1 saturated heterocycles. The van der Waals surface area contributed by atoms with Crippen LogP contribution in [0.3, 0.4) is 0 Å². The lowest BCUT2D eigenvalue weighted by atomic mass is 9.99. The first-order chi connectivity index (χ1) is 4.75. The van der Waals surface area contributed by atoms with Gasteiger partial charge in [0, 0.05) is 0 Å². The van der Waals surface area contributed by atoms with Crippen LogP contribution < -0.4 is 5.32 Å². The van der Waals surface area contributed by atoms with Gasteiger partial charge in [0.25, 0.3) is 0 Å². The lowest BCUT2D eigenvalue weighted by Gasteiger charge is -2.31. The second-order valence-electron chi connectivity index (χ2n) is 2.59. The molecule has 0 aliphatic carbocycles. The molecular weight excluding hydrogens is 134 g/mol. The topological polar surface area (TPSA) is 72.7 Å². The number of aliphatic hydroxyl groups excluding tert-OH is 3. The molecule has 4 heteroatoms. The van der Waals surface area contributed by atoms with E-state index in [1.807, 2.05) is 0 Å². The molecular formula is C6H13NO3. The van der Waals surface area contributed by atoms with Crippen LogP contribution in [0.5, 0.6) is 0 Å². The molecule has 0 aromatic carbocycles. The van der Waals surface area contributed by atoms with Crippen LogP contribution in [0.4, 0.5) is 0 Å². The Morgan fingerprint density at radius 2 is 2.10 bits per heavy atom. The van der Waals surface area contributed by atoms with E-state index in [0.29, 0.717) is 13.0 Å². The maximum Gasteiger partial charge on any atom is 0.0974 e. The first kappa shape index (κ1) is 7.94. The van der Waals surface area contributed by atoms with Crippen molar-refractivity contribution in [2.75, 3.05) is 13.2 Å². The van der Waals surface area contributed by atoms with Crippen LogP contribution in [0.1, 0.15) is 6.42 Å². The van der Waals surface area contributed by atoms with Gasteiger partial charge in [0.15, 0.2) is 0 Å². The maximum absolute atomic E-state index is 9.16. The van der Waals surface area contributed by atoms with E-state index in [2.05, 4.69) is 5.32 Å². The van der Waals surface area contributed by atoms with Crippen molar-refractivity contribution in [1.29, 1.82) is 0 Å². The number of nitrogens with one attached hydrogen (secondary N) is 1. The van der Waals surface area contributed by atoms with Crippen molar-refractivity contribution in [3.8, 4) is 0 Å². The standard InChI is InChI=1S/C6H13NO3/c8-3-4-6(10)5(9)1-2-7-4/h4-10H,1-3H2/t4-,5+,6-/m0/s1. The molecule has 0 aromatic heterocycles. The molecule has 0 amide bonds. The first-order valence-corrected chi connectivity index (χ1v) is 3.46. The van der Waals surface area contributed by atoms with E-state index < -0.39 is 12.2 Å². The third kappa shape index (κ3) is 1.46. The molecule has 1 aliphatic heterocycles.